The molecule has 0 saturated heterocycles. The number of aliphatic imine (C=N–C) groups is 1. The molecule has 1 aromatic heterocycles. The molecular formula is C21H33IN4O2. The van der Waals surface area contributed by atoms with E-state index in [0.29, 0.717) is 24.8 Å². The summed E-state index contributed by atoms with van der Waals surface area (Å²) in [6.45, 7) is 8.15. The van der Waals surface area contributed by atoms with Gasteiger partial charge in [0.25, 0.3) is 0 Å². The van der Waals surface area contributed by atoms with Gasteiger partial charge in [0, 0.05) is 13.1 Å². The van der Waals surface area contributed by atoms with Crippen LogP contribution < -0.4 is 10.6 Å². The molecular weight excluding hydrogens is 467 g/mol. The summed E-state index contributed by atoms with van der Waals surface area (Å²) in [5.74, 6) is 1.99. The maximum Gasteiger partial charge on any atom is 0.191 e. The van der Waals surface area contributed by atoms with Gasteiger partial charge in [-0.3, -0.25) is 0 Å². The maximum atomic E-state index is 10.7. The Morgan fingerprint density at radius 3 is 2.29 bits per heavy atom. The average molecular weight is 500 g/mol. The van der Waals surface area contributed by atoms with Crippen LogP contribution in [0.15, 0.2) is 45.8 Å². The smallest absolute Gasteiger partial charge is 0.191 e. The van der Waals surface area contributed by atoms with E-state index in [2.05, 4.69) is 58.9 Å². The number of aliphatic hydroxyl groups is 1. The van der Waals surface area contributed by atoms with Gasteiger partial charge in [0.1, 0.15) is 17.1 Å². The molecule has 28 heavy (non-hydrogen) atoms. The van der Waals surface area contributed by atoms with Crippen LogP contribution in [0.4, 0.5) is 0 Å². The predicted molar refractivity (Wildman–Crippen MR) is 125 cm³/mol. The van der Waals surface area contributed by atoms with Crippen molar-refractivity contribution in [2.75, 3.05) is 27.2 Å². The van der Waals surface area contributed by atoms with Gasteiger partial charge in [-0.05, 0) is 58.1 Å². The zero-order valence-electron chi connectivity index (χ0n) is 17.5. The number of guanidine groups is 1. The molecule has 2 rings (SSSR count). The fraction of sp³-hybridized carbons (Fsp3) is 0.476. The van der Waals surface area contributed by atoms with Gasteiger partial charge in [-0.15, -0.1) is 24.0 Å². The van der Waals surface area contributed by atoms with Crippen molar-refractivity contribution in [3.63, 3.8) is 0 Å². The van der Waals surface area contributed by atoms with Crippen LogP contribution in [0.1, 0.15) is 36.5 Å². The molecule has 3 N–H and O–H groups in total. The number of rotatable bonds is 8. The van der Waals surface area contributed by atoms with Gasteiger partial charge < -0.3 is 25.1 Å². The summed E-state index contributed by atoms with van der Waals surface area (Å²) in [6, 6.07) is 12.1. The summed E-state index contributed by atoms with van der Waals surface area (Å²) in [6.07, 6.45) is 0. The van der Waals surface area contributed by atoms with E-state index in [4.69, 9.17) is 4.42 Å². The Hall–Kier alpha value is -1.58. The second kappa shape index (κ2) is 11.4. The van der Waals surface area contributed by atoms with Crippen LogP contribution in [-0.2, 0) is 18.7 Å². The lowest BCUT2D eigenvalue weighted by molar-refractivity contribution is 0.0378. The normalized spacial score (nSPS) is 13.8. The summed E-state index contributed by atoms with van der Waals surface area (Å²) in [5, 5.41) is 17.1. The Morgan fingerprint density at radius 2 is 1.75 bits per heavy atom. The molecule has 0 bridgehead atoms. The molecule has 0 spiro atoms. The highest BCUT2D eigenvalue weighted by atomic mass is 127. The average Bonchev–Trinajstić information content (AvgIpc) is 3.06. The number of hydrogen-bond donors (Lipinski definition) is 3. The van der Waals surface area contributed by atoms with Crippen molar-refractivity contribution in [2.24, 2.45) is 4.99 Å². The van der Waals surface area contributed by atoms with Crippen molar-refractivity contribution in [1.29, 1.82) is 0 Å². The molecule has 6 nitrogen and oxygen atoms in total. The topological polar surface area (TPSA) is 73.0 Å². The first-order chi connectivity index (χ1) is 12.8. The van der Waals surface area contributed by atoms with Crippen molar-refractivity contribution in [2.45, 2.75) is 39.5 Å². The standard InChI is InChI=1S/C21H32N4O2.HI/c1-6-22-20(24-15-21(3,26)19-12-7-16(2)27-19)23-13-17-8-10-18(11-9-17)14-25(4)5;/h7-12,26H,6,13-15H2,1-5H3,(H2,22,23,24);1H. The largest absolute Gasteiger partial charge is 0.463 e. The van der Waals surface area contributed by atoms with E-state index in [0.717, 1.165) is 24.4 Å². The number of furan rings is 1. The van der Waals surface area contributed by atoms with Crippen LogP contribution in [0.25, 0.3) is 0 Å². The number of benzene rings is 1. The van der Waals surface area contributed by atoms with Gasteiger partial charge in [-0.1, -0.05) is 24.3 Å². The van der Waals surface area contributed by atoms with E-state index in [1.165, 1.54) is 5.56 Å². The number of aryl methyl sites for hydroxylation is 1. The predicted octanol–water partition coefficient (Wildman–Crippen LogP) is 3.23. The second-order valence-electron chi connectivity index (χ2n) is 7.29. The molecule has 0 radical (unpaired) electrons. The number of nitrogens with zero attached hydrogens (tertiary/aromatic N) is 2. The molecule has 1 aromatic carbocycles. The van der Waals surface area contributed by atoms with Crippen molar-refractivity contribution in [3.05, 3.63) is 59.0 Å². The van der Waals surface area contributed by atoms with E-state index < -0.39 is 5.60 Å². The van der Waals surface area contributed by atoms with E-state index >= 15 is 0 Å². The zero-order valence-corrected chi connectivity index (χ0v) is 19.8. The van der Waals surface area contributed by atoms with Crippen molar-refractivity contribution >= 4 is 29.9 Å². The molecule has 0 aliphatic carbocycles. The van der Waals surface area contributed by atoms with Crippen LogP contribution in [0.2, 0.25) is 0 Å². The van der Waals surface area contributed by atoms with Crippen molar-refractivity contribution in [3.8, 4) is 0 Å². The van der Waals surface area contributed by atoms with Gasteiger partial charge in [0.15, 0.2) is 5.96 Å². The lowest BCUT2D eigenvalue weighted by atomic mass is 10.0. The number of hydrogen-bond acceptors (Lipinski definition) is 4. The fourth-order valence-electron chi connectivity index (χ4n) is 2.69. The molecule has 0 saturated carbocycles. The van der Waals surface area contributed by atoms with Gasteiger partial charge in [0.2, 0.25) is 0 Å². The fourth-order valence-corrected chi connectivity index (χ4v) is 2.69. The second-order valence-corrected chi connectivity index (χ2v) is 7.29. The quantitative estimate of drug-likeness (QED) is 0.295. The highest BCUT2D eigenvalue weighted by molar-refractivity contribution is 14.0. The summed E-state index contributed by atoms with van der Waals surface area (Å²) in [5.41, 5.74) is 1.31. The summed E-state index contributed by atoms with van der Waals surface area (Å²) in [7, 11) is 4.12. The molecule has 2 aromatic rings. The third-order valence-electron chi connectivity index (χ3n) is 4.16. The monoisotopic (exact) mass is 500 g/mol. The molecule has 0 amide bonds. The molecule has 156 valence electrons. The molecule has 0 aliphatic heterocycles. The first-order valence-corrected chi connectivity index (χ1v) is 9.34. The van der Waals surface area contributed by atoms with Crippen molar-refractivity contribution in [1.82, 2.24) is 15.5 Å². The lowest BCUT2D eigenvalue weighted by Crippen LogP contribution is -2.44. The van der Waals surface area contributed by atoms with Gasteiger partial charge in [-0.25, -0.2) is 4.99 Å². The minimum Gasteiger partial charge on any atom is -0.463 e. The van der Waals surface area contributed by atoms with Gasteiger partial charge >= 0.3 is 0 Å². The van der Waals surface area contributed by atoms with Crippen molar-refractivity contribution < 1.29 is 9.52 Å². The zero-order chi connectivity index (χ0) is 19.9. The van der Waals surface area contributed by atoms with Crippen LogP contribution in [-0.4, -0.2) is 43.2 Å². The van der Waals surface area contributed by atoms with Crippen LogP contribution in [0.3, 0.4) is 0 Å². The lowest BCUT2D eigenvalue weighted by Gasteiger charge is -2.22. The van der Waals surface area contributed by atoms with E-state index in [-0.39, 0.29) is 24.0 Å². The van der Waals surface area contributed by atoms with Gasteiger partial charge in [-0.2, -0.15) is 0 Å². The Morgan fingerprint density at radius 1 is 1.11 bits per heavy atom. The van der Waals surface area contributed by atoms with E-state index in [1.54, 1.807) is 13.0 Å². The van der Waals surface area contributed by atoms with E-state index in [1.807, 2.05) is 19.9 Å². The summed E-state index contributed by atoms with van der Waals surface area (Å²) >= 11 is 0. The molecule has 1 atom stereocenters. The highest BCUT2D eigenvalue weighted by Gasteiger charge is 2.27. The Bertz CT molecular complexity index is 739. The first kappa shape index (κ1) is 24.5. The first-order valence-electron chi connectivity index (χ1n) is 9.34. The number of halogens is 1. The minimum atomic E-state index is -1.11. The summed E-state index contributed by atoms with van der Waals surface area (Å²) in [4.78, 5) is 6.76. The minimum absolute atomic E-state index is 0. The third-order valence-corrected chi connectivity index (χ3v) is 4.16. The van der Waals surface area contributed by atoms with Crippen LogP contribution in [0, 0.1) is 6.92 Å². The molecule has 7 heteroatoms. The highest BCUT2D eigenvalue weighted by Crippen LogP contribution is 2.21. The molecule has 1 unspecified atom stereocenters. The Balaban J connectivity index is 0.00000392. The van der Waals surface area contributed by atoms with E-state index in [9.17, 15) is 5.11 Å². The van der Waals surface area contributed by atoms with Gasteiger partial charge in [0.05, 0.1) is 13.1 Å². The molecule has 1 heterocycles. The van der Waals surface area contributed by atoms with Crippen LogP contribution >= 0.6 is 24.0 Å². The number of nitrogens with one attached hydrogen (secondary N) is 2. The molecule has 0 fully saturated rings. The summed E-state index contributed by atoms with van der Waals surface area (Å²) < 4.78 is 5.55. The molecule has 0 aliphatic rings. The Kier molecular flexibility index (Phi) is 9.98. The third kappa shape index (κ3) is 7.81. The Labute approximate surface area is 185 Å². The maximum absolute atomic E-state index is 10.7. The SMILES string of the molecule is CCNC(=NCc1ccc(CN(C)C)cc1)NCC(C)(O)c1ccc(C)o1.I. The van der Waals surface area contributed by atoms with Crippen LogP contribution in [0.5, 0.6) is 0 Å².